The highest BCUT2D eigenvalue weighted by Crippen LogP contribution is 2.16. The molecule has 0 aliphatic heterocycles. The second-order valence-electron chi connectivity index (χ2n) is 3.05. The molecule has 90 valence electrons. The fraction of sp³-hybridized carbons (Fsp3) is 0.455. The van der Waals surface area contributed by atoms with Gasteiger partial charge in [-0.3, -0.25) is 3.07 Å². The average Bonchev–Trinajstić information content (AvgIpc) is 2.35. The van der Waals surface area contributed by atoms with Crippen LogP contribution in [0.3, 0.4) is 0 Å². The van der Waals surface area contributed by atoms with Crippen molar-refractivity contribution in [2.45, 2.75) is 13.2 Å². The molecule has 0 saturated heterocycles. The van der Waals surface area contributed by atoms with Crippen LogP contribution in [0, 0.1) is 0 Å². The van der Waals surface area contributed by atoms with Crippen LogP contribution in [0.1, 0.15) is 6.92 Å². The van der Waals surface area contributed by atoms with E-state index in [2.05, 4.69) is 0 Å². The van der Waals surface area contributed by atoms with Crippen LogP contribution < -0.4 is 9.47 Å². The van der Waals surface area contributed by atoms with Crippen molar-refractivity contribution in [2.75, 3.05) is 20.3 Å². The van der Waals surface area contributed by atoms with Gasteiger partial charge in [0.05, 0.1) is 13.7 Å². The van der Waals surface area contributed by atoms with E-state index >= 15 is 0 Å². The Morgan fingerprint density at radius 1 is 1.12 bits per heavy atom. The fourth-order valence-electron chi connectivity index (χ4n) is 1.07. The van der Waals surface area contributed by atoms with Crippen LogP contribution in [0.4, 0.5) is 0 Å². The summed E-state index contributed by atoms with van der Waals surface area (Å²) in [5.41, 5.74) is 0. The molecule has 0 aliphatic carbocycles. The normalized spacial score (nSPS) is 12.2. The molecule has 16 heavy (non-hydrogen) atoms. The Bertz CT molecular complexity index is 289. The van der Waals surface area contributed by atoms with Gasteiger partial charge < -0.3 is 14.2 Å². The zero-order chi connectivity index (χ0) is 11.8. The largest absolute Gasteiger partial charge is 0.497 e. The Morgan fingerprint density at radius 3 is 2.31 bits per heavy atom. The Hall–Kier alpha value is -0.530. The third-order valence-corrected chi connectivity index (χ3v) is 2.61. The number of ether oxygens (including phenoxy) is 3. The van der Waals surface area contributed by atoms with Gasteiger partial charge in [-0.2, -0.15) is 0 Å². The molecule has 4 nitrogen and oxygen atoms in total. The molecule has 0 bridgehead atoms. The zero-order valence-electron chi connectivity index (χ0n) is 9.31. The third kappa shape index (κ3) is 5.00. The molecule has 1 atom stereocenters. The molecule has 0 heterocycles. The molecule has 0 fully saturated rings. The summed E-state index contributed by atoms with van der Waals surface area (Å²) in [6, 6.07) is 7.42. The van der Waals surface area contributed by atoms with Crippen molar-refractivity contribution in [3.8, 4) is 11.5 Å². The van der Waals surface area contributed by atoms with Gasteiger partial charge in [-0.1, -0.05) is 0 Å². The van der Waals surface area contributed by atoms with Crippen LogP contribution >= 0.6 is 23.0 Å². The summed E-state index contributed by atoms with van der Waals surface area (Å²) in [5.74, 6) is 1.61. The van der Waals surface area contributed by atoms with Gasteiger partial charge in [0.2, 0.25) is 0 Å². The van der Waals surface area contributed by atoms with E-state index in [9.17, 15) is 0 Å². The maximum atomic E-state index is 5.46. The molecule has 1 unspecified atom stereocenters. The standard InChI is InChI=1S/C11H15IO4/c1-9(16-12)14-7-8-15-11-5-3-10(13-2)4-6-11/h3-6,9H,7-8H2,1-2H3. The van der Waals surface area contributed by atoms with Crippen LogP contribution in [0.15, 0.2) is 24.3 Å². The van der Waals surface area contributed by atoms with Crippen LogP contribution in [0.5, 0.6) is 11.5 Å². The van der Waals surface area contributed by atoms with Crippen molar-refractivity contribution in [3.63, 3.8) is 0 Å². The molecule has 0 aliphatic rings. The van der Waals surface area contributed by atoms with Crippen LogP contribution in [0.2, 0.25) is 0 Å². The summed E-state index contributed by atoms with van der Waals surface area (Å²) in [7, 11) is 1.63. The first-order valence-electron chi connectivity index (χ1n) is 4.92. The molecule has 1 rings (SSSR count). The van der Waals surface area contributed by atoms with E-state index in [4.69, 9.17) is 17.3 Å². The van der Waals surface area contributed by atoms with Gasteiger partial charge in [0.15, 0.2) is 6.29 Å². The molecular formula is C11H15IO4. The summed E-state index contributed by atoms with van der Waals surface area (Å²) in [6.45, 7) is 2.83. The maximum Gasteiger partial charge on any atom is 0.166 e. The fourth-order valence-corrected chi connectivity index (χ4v) is 1.22. The number of hydrogen-bond donors (Lipinski definition) is 0. The molecule has 0 amide bonds. The van der Waals surface area contributed by atoms with Gasteiger partial charge in [-0.05, 0) is 31.2 Å². The molecule has 0 saturated carbocycles. The molecular weight excluding hydrogens is 323 g/mol. The second-order valence-corrected chi connectivity index (χ2v) is 3.56. The Labute approximate surface area is 110 Å². The van der Waals surface area contributed by atoms with E-state index in [-0.39, 0.29) is 6.29 Å². The SMILES string of the molecule is COc1ccc(OCCOC(C)OI)cc1. The van der Waals surface area contributed by atoms with Gasteiger partial charge >= 0.3 is 0 Å². The van der Waals surface area contributed by atoms with Crippen molar-refractivity contribution in [1.82, 2.24) is 0 Å². The van der Waals surface area contributed by atoms with Crippen LogP contribution in [-0.2, 0) is 7.80 Å². The minimum atomic E-state index is -0.208. The highest BCUT2D eigenvalue weighted by Gasteiger charge is 2.00. The lowest BCUT2D eigenvalue weighted by Gasteiger charge is -2.10. The summed E-state index contributed by atoms with van der Waals surface area (Å²) in [4.78, 5) is 0. The Kier molecular flexibility index (Phi) is 6.51. The topological polar surface area (TPSA) is 36.9 Å². The first kappa shape index (κ1) is 13.5. The summed E-state index contributed by atoms with van der Waals surface area (Å²) in [6.07, 6.45) is -0.208. The summed E-state index contributed by atoms with van der Waals surface area (Å²) < 4.78 is 20.7. The van der Waals surface area contributed by atoms with Gasteiger partial charge in [-0.15, -0.1) is 0 Å². The van der Waals surface area contributed by atoms with Crippen molar-refractivity contribution < 1.29 is 17.3 Å². The lowest BCUT2D eigenvalue weighted by atomic mass is 10.3. The molecule has 1 aromatic carbocycles. The minimum absolute atomic E-state index is 0.208. The van der Waals surface area contributed by atoms with Gasteiger partial charge in [0.25, 0.3) is 0 Å². The van der Waals surface area contributed by atoms with E-state index in [1.54, 1.807) is 30.1 Å². The third-order valence-electron chi connectivity index (χ3n) is 1.89. The quantitative estimate of drug-likeness (QED) is 0.435. The van der Waals surface area contributed by atoms with Crippen molar-refractivity contribution in [3.05, 3.63) is 24.3 Å². The highest BCUT2D eigenvalue weighted by atomic mass is 127. The van der Waals surface area contributed by atoms with E-state index in [0.29, 0.717) is 13.2 Å². The number of halogens is 1. The Morgan fingerprint density at radius 2 is 1.75 bits per heavy atom. The lowest BCUT2D eigenvalue weighted by Crippen LogP contribution is -2.13. The second kappa shape index (κ2) is 7.70. The molecule has 0 N–H and O–H groups in total. The van der Waals surface area contributed by atoms with Crippen molar-refractivity contribution >= 4 is 23.0 Å². The van der Waals surface area contributed by atoms with E-state index < -0.39 is 0 Å². The molecule has 5 heteroatoms. The van der Waals surface area contributed by atoms with Crippen LogP contribution in [-0.4, -0.2) is 26.6 Å². The predicted octanol–water partition coefficient (Wildman–Crippen LogP) is 2.80. The van der Waals surface area contributed by atoms with Gasteiger partial charge in [0.1, 0.15) is 41.1 Å². The van der Waals surface area contributed by atoms with Gasteiger partial charge in [0, 0.05) is 0 Å². The first-order chi connectivity index (χ1) is 7.76. The van der Waals surface area contributed by atoms with Crippen molar-refractivity contribution in [1.29, 1.82) is 0 Å². The van der Waals surface area contributed by atoms with Gasteiger partial charge in [-0.25, -0.2) is 0 Å². The first-order valence-corrected chi connectivity index (χ1v) is 5.80. The van der Waals surface area contributed by atoms with Crippen molar-refractivity contribution in [2.24, 2.45) is 0 Å². The average molecular weight is 338 g/mol. The monoisotopic (exact) mass is 338 g/mol. The molecule has 0 radical (unpaired) electrons. The maximum absolute atomic E-state index is 5.46. The van der Waals surface area contributed by atoms with E-state index in [1.807, 2.05) is 31.2 Å². The summed E-state index contributed by atoms with van der Waals surface area (Å²) >= 11 is 1.80. The lowest BCUT2D eigenvalue weighted by molar-refractivity contribution is -0.0505. The highest BCUT2D eigenvalue weighted by molar-refractivity contribution is 14.1. The molecule has 0 aromatic heterocycles. The minimum Gasteiger partial charge on any atom is -0.497 e. The molecule has 1 aromatic rings. The van der Waals surface area contributed by atoms with Crippen LogP contribution in [0.25, 0.3) is 0 Å². The van der Waals surface area contributed by atoms with E-state index in [1.165, 1.54) is 0 Å². The number of methoxy groups -OCH3 is 1. The number of benzene rings is 1. The smallest absolute Gasteiger partial charge is 0.166 e. The number of hydrogen-bond acceptors (Lipinski definition) is 4. The Balaban J connectivity index is 2.21. The van der Waals surface area contributed by atoms with E-state index in [0.717, 1.165) is 11.5 Å². The predicted molar refractivity (Wildman–Crippen MR) is 69.0 cm³/mol. The summed E-state index contributed by atoms with van der Waals surface area (Å²) in [5, 5.41) is 0. The molecule has 0 spiro atoms. The number of rotatable bonds is 7. The zero-order valence-corrected chi connectivity index (χ0v) is 11.5.